The summed E-state index contributed by atoms with van der Waals surface area (Å²) in [5.74, 6) is -1.04. The van der Waals surface area contributed by atoms with Gasteiger partial charge in [0.25, 0.3) is 5.91 Å². The number of carbonyl (C=O) groups excluding carboxylic acids is 2. The van der Waals surface area contributed by atoms with Crippen molar-refractivity contribution in [3.8, 4) is 6.07 Å². The van der Waals surface area contributed by atoms with Crippen molar-refractivity contribution in [3.63, 3.8) is 0 Å². The van der Waals surface area contributed by atoms with Gasteiger partial charge in [-0.15, -0.1) is 0 Å². The molecule has 0 spiro atoms. The first-order valence-electron chi connectivity index (χ1n) is 9.90. The zero-order valence-electron chi connectivity index (χ0n) is 17.5. The molecule has 1 unspecified atom stereocenters. The van der Waals surface area contributed by atoms with Crippen molar-refractivity contribution >= 4 is 11.9 Å². The number of hydrogen-bond acceptors (Lipinski definition) is 7. The summed E-state index contributed by atoms with van der Waals surface area (Å²) in [6.45, 7) is 6.57. The molecule has 2 aliphatic rings. The van der Waals surface area contributed by atoms with Gasteiger partial charge in [0.15, 0.2) is 0 Å². The molecule has 1 amide bonds. The molecule has 8 nitrogen and oxygen atoms in total. The number of nitrogens with zero attached hydrogens (tertiary/aromatic N) is 3. The van der Waals surface area contributed by atoms with Gasteiger partial charge >= 0.3 is 5.97 Å². The lowest BCUT2D eigenvalue weighted by molar-refractivity contribution is -0.139. The van der Waals surface area contributed by atoms with Crippen LogP contribution in [0.3, 0.4) is 0 Å². The van der Waals surface area contributed by atoms with Crippen LogP contribution in [0.25, 0.3) is 0 Å². The topological polar surface area (TPSA) is 109 Å². The van der Waals surface area contributed by atoms with E-state index in [9.17, 15) is 14.9 Å². The minimum atomic E-state index is -0.712. The molecule has 1 aromatic rings. The molecule has 3 rings (SSSR count). The predicted octanol–water partition coefficient (Wildman–Crippen LogP) is 1.72. The van der Waals surface area contributed by atoms with Crippen molar-refractivity contribution in [1.82, 2.24) is 9.80 Å². The van der Waals surface area contributed by atoms with Crippen LogP contribution in [0.2, 0.25) is 0 Å². The lowest BCUT2D eigenvalue weighted by Crippen LogP contribution is -2.47. The number of rotatable bonds is 4. The summed E-state index contributed by atoms with van der Waals surface area (Å²) in [4.78, 5) is 29.4. The molecular formula is C22H26N4O4. The number of piperazine rings is 1. The molecule has 1 saturated heterocycles. The molecule has 2 heterocycles. The van der Waals surface area contributed by atoms with E-state index in [1.54, 1.807) is 38.1 Å². The Kier molecular flexibility index (Phi) is 6.43. The molecule has 0 radical (unpaired) electrons. The summed E-state index contributed by atoms with van der Waals surface area (Å²) in [5.41, 5.74) is 7.51. The van der Waals surface area contributed by atoms with E-state index in [2.05, 4.69) is 11.0 Å². The van der Waals surface area contributed by atoms with Gasteiger partial charge < -0.3 is 25.0 Å². The monoisotopic (exact) mass is 410 g/mol. The zero-order chi connectivity index (χ0) is 21.8. The SMILES string of the molecule is CCOC(=O)C1=C(C)OC(N)=C(C#N)C1c1ccc(C(=O)N2CCN(C)CC2)cc1. The minimum Gasteiger partial charge on any atom is -0.463 e. The maximum Gasteiger partial charge on any atom is 0.338 e. The average Bonchev–Trinajstić information content (AvgIpc) is 2.73. The molecule has 158 valence electrons. The normalized spacial score (nSPS) is 19.9. The molecule has 0 saturated carbocycles. The van der Waals surface area contributed by atoms with Crippen LogP contribution in [0.1, 0.15) is 35.7 Å². The van der Waals surface area contributed by atoms with Crippen LogP contribution in [-0.4, -0.2) is 61.5 Å². The number of esters is 1. The van der Waals surface area contributed by atoms with Crippen molar-refractivity contribution in [2.75, 3.05) is 39.8 Å². The van der Waals surface area contributed by atoms with Crippen molar-refractivity contribution < 1.29 is 19.1 Å². The van der Waals surface area contributed by atoms with Gasteiger partial charge in [0.1, 0.15) is 17.4 Å². The van der Waals surface area contributed by atoms with Crippen molar-refractivity contribution in [3.05, 3.63) is 58.2 Å². The van der Waals surface area contributed by atoms with Gasteiger partial charge in [0, 0.05) is 31.7 Å². The fourth-order valence-electron chi connectivity index (χ4n) is 3.70. The Labute approximate surface area is 176 Å². The van der Waals surface area contributed by atoms with E-state index in [1.165, 1.54) is 0 Å². The second-order valence-electron chi connectivity index (χ2n) is 7.33. The van der Waals surface area contributed by atoms with Crippen molar-refractivity contribution in [2.24, 2.45) is 5.73 Å². The fourth-order valence-corrected chi connectivity index (χ4v) is 3.70. The molecule has 1 atom stereocenters. The van der Waals surface area contributed by atoms with Gasteiger partial charge in [0.2, 0.25) is 5.88 Å². The highest BCUT2D eigenvalue weighted by Crippen LogP contribution is 2.39. The highest BCUT2D eigenvalue weighted by atomic mass is 16.5. The summed E-state index contributed by atoms with van der Waals surface area (Å²) >= 11 is 0. The van der Waals surface area contributed by atoms with Gasteiger partial charge in [-0.2, -0.15) is 5.26 Å². The summed E-state index contributed by atoms with van der Waals surface area (Å²) < 4.78 is 10.6. The Morgan fingerprint density at radius 1 is 1.23 bits per heavy atom. The van der Waals surface area contributed by atoms with Crippen LogP contribution in [0.15, 0.2) is 47.1 Å². The van der Waals surface area contributed by atoms with E-state index in [1.807, 2.05) is 11.9 Å². The minimum absolute atomic E-state index is 0.0328. The van der Waals surface area contributed by atoms with Crippen molar-refractivity contribution in [1.29, 1.82) is 5.26 Å². The lowest BCUT2D eigenvalue weighted by atomic mass is 9.83. The molecule has 1 aromatic carbocycles. The molecule has 2 aliphatic heterocycles. The van der Waals surface area contributed by atoms with E-state index >= 15 is 0 Å². The van der Waals surface area contributed by atoms with Crippen LogP contribution >= 0.6 is 0 Å². The largest absolute Gasteiger partial charge is 0.463 e. The average molecular weight is 410 g/mol. The first-order valence-corrected chi connectivity index (χ1v) is 9.90. The number of allylic oxidation sites excluding steroid dienone is 2. The third-order valence-corrected chi connectivity index (χ3v) is 5.38. The van der Waals surface area contributed by atoms with Crippen LogP contribution in [0, 0.1) is 11.3 Å². The Morgan fingerprint density at radius 3 is 2.43 bits per heavy atom. The van der Waals surface area contributed by atoms with Gasteiger partial charge in [-0.3, -0.25) is 4.79 Å². The molecular weight excluding hydrogens is 384 g/mol. The van der Waals surface area contributed by atoms with Crippen LogP contribution < -0.4 is 5.73 Å². The quantitative estimate of drug-likeness (QED) is 0.753. The predicted molar refractivity (Wildman–Crippen MR) is 110 cm³/mol. The Bertz CT molecular complexity index is 935. The molecule has 0 bridgehead atoms. The standard InChI is InChI=1S/C22H26N4O4/c1-4-29-22(28)18-14(2)30-20(24)17(13-23)19(18)15-5-7-16(8-6-15)21(27)26-11-9-25(3)10-12-26/h5-8,19H,4,9-12,24H2,1-3H3. The van der Waals surface area contributed by atoms with E-state index in [0.717, 1.165) is 13.1 Å². The van der Waals surface area contributed by atoms with E-state index in [-0.39, 0.29) is 29.5 Å². The lowest BCUT2D eigenvalue weighted by Gasteiger charge is -2.32. The number of nitrogens with two attached hydrogens (primary N) is 1. The first kappa shape index (κ1) is 21.4. The smallest absolute Gasteiger partial charge is 0.338 e. The molecule has 0 aromatic heterocycles. The van der Waals surface area contributed by atoms with E-state index in [4.69, 9.17) is 15.2 Å². The summed E-state index contributed by atoms with van der Waals surface area (Å²) in [6.07, 6.45) is 0. The maximum atomic E-state index is 12.8. The Hall–Kier alpha value is -3.31. The number of ether oxygens (including phenoxy) is 2. The summed E-state index contributed by atoms with van der Waals surface area (Å²) in [7, 11) is 2.03. The van der Waals surface area contributed by atoms with Gasteiger partial charge in [0.05, 0.1) is 18.1 Å². The number of benzene rings is 1. The molecule has 30 heavy (non-hydrogen) atoms. The van der Waals surface area contributed by atoms with Crippen molar-refractivity contribution in [2.45, 2.75) is 19.8 Å². The number of likely N-dealkylation sites (N-methyl/N-ethyl adjacent to an activating group) is 1. The fraction of sp³-hybridized carbons (Fsp3) is 0.409. The highest BCUT2D eigenvalue weighted by molar-refractivity contribution is 5.95. The molecule has 1 fully saturated rings. The van der Waals surface area contributed by atoms with Gasteiger partial charge in [-0.25, -0.2) is 4.79 Å². The number of nitriles is 1. The maximum absolute atomic E-state index is 12.8. The second-order valence-corrected chi connectivity index (χ2v) is 7.33. The Balaban J connectivity index is 1.92. The molecule has 2 N–H and O–H groups in total. The molecule has 8 heteroatoms. The highest BCUT2D eigenvalue weighted by Gasteiger charge is 2.36. The van der Waals surface area contributed by atoms with Gasteiger partial charge in [-0.05, 0) is 38.6 Å². The van der Waals surface area contributed by atoms with Crippen LogP contribution in [0.4, 0.5) is 0 Å². The van der Waals surface area contributed by atoms with E-state index in [0.29, 0.717) is 30.0 Å². The number of hydrogen-bond donors (Lipinski definition) is 1. The third-order valence-electron chi connectivity index (χ3n) is 5.38. The zero-order valence-corrected chi connectivity index (χ0v) is 17.5. The summed E-state index contributed by atoms with van der Waals surface area (Å²) in [5, 5.41) is 9.64. The number of carbonyl (C=O) groups is 2. The Morgan fingerprint density at radius 2 is 1.87 bits per heavy atom. The third kappa shape index (κ3) is 4.16. The second kappa shape index (κ2) is 9.01. The van der Waals surface area contributed by atoms with E-state index < -0.39 is 11.9 Å². The molecule has 0 aliphatic carbocycles. The number of amides is 1. The summed E-state index contributed by atoms with van der Waals surface area (Å²) in [6, 6.07) is 8.98. The van der Waals surface area contributed by atoms with Gasteiger partial charge in [-0.1, -0.05) is 12.1 Å². The first-order chi connectivity index (χ1) is 14.4. The van der Waals surface area contributed by atoms with Crippen LogP contribution in [0.5, 0.6) is 0 Å². The van der Waals surface area contributed by atoms with Crippen LogP contribution in [-0.2, 0) is 14.3 Å².